The lowest BCUT2D eigenvalue weighted by molar-refractivity contribution is 0.194. The third-order valence-electron chi connectivity index (χ3n) is 8.01. The summed E-state index contributed by atoms with van der Waals surface area (Å²) in [6, 6.07) is 18.1. The van der Waals surface area contributed by atoms with Crippen molar-refractivity contribution >= 4 is 11.9 Å². The zero-order valence-corrected chi connectivity index (χ0v) is 19.2. The number of methoxy groups -OCH3 is 1. The predicted molar refractivity (Wildman–Crippen MR) is 130 cm³/mol. The highest BCUT2D eigenvalue weighted by Crippen LogP contribution is 2.64. The first-order valence-corrected chi connectivity index (χ1v) is 11.3. The molecule has 2 aliphatic carbocycles. The summed E-state index contributed by atoms with van der Waals surface area (Å²) in [5, 5.41) is 14.2. The molecule has 5 heteroatoms. The van der Waals surface area contributed by atoms with E-state index in [2.05, 4.69) is 25.9 Å². The van der Waals surface area contributed by atoms with E-state index in [1.165, 1.54) is 18.6 Å². The van der Waals surface area contributed by atoms with E-state index in [-0.39, 0.29) is 5.41 Å². The average Bonchev–Trinajstić information content (AvgIpc) is 3.39. The van der Waals surface area contributed by atoms with Crippen LogP contribution in [-0.2, 0) is 0 Å². The van der Waals surface area contributed by atoms with E-state index in [4.69, 9.17) is 14.9 Å². The molecule has 2 atom stereocenters. The number of aromatic nitrogens is 2. The van der Waals surface area contributed by atoms with E-state index in [1.807, 2.05) is 71.7 Å². The molecule has 2 bridgehead atoms. The minimum atomic E-state index is 0.155. The van der Waals surface area contributed by atoms with Gasteiger partial charge < -0.3 is 4.74 Å². The molecule has 1 aromatic heterocycles. The minimum absolute atomic E-state index is 0.155. The van der Waals surface area contributed by atoms with Crippen molar-refractivity contribution in [1.82, 2.24) is 9.78 Å². The zero-order valence-electron chi connectivity index (χ0n) is 19.2. The Morgan fingerprint density at radius 3 is 2.44 bits per heavy atom. The van der Waals surface area contributed by atoms with Gasteiger partial charge >= 0.3 is 0 Å². The van der Waals surface area contributed by atoms with E-state index >= 15 is 0 Å². The van der Waals surface area contributed by atoms with Crippen LogP contribution in [0.4, 0.5) is 0 Å². The molecule has 2 saturated carbocycles. The van der Waals surface area contributed by atoms with Crippen molar-refractivity contribution in [2.24, 2.45) is 27.0 Å². The van der Waals surface area contributed by atoms with Crippen LogP contribution in [0.25, 0.3) is 16.9 Å². The molecular formula is C27H30N4O. The summed E-state index contributed by atoms with van der Waals surface area (Å²) in [6.45, 7) is 7.15. The number of nitrogens with zero attached hydrogens (tertiary/aromatic N) is 4. The van der Waals surface area contributed by atoms with Crippen molar-refractivity contribution in [3.63, 3.8) is 0 Å². The minimum Gasteiger partial charge on any atom is -0.497 e. The van der Waals surface area contributed by atoms with Crippen LogP contribution in [0.5, 0.6) is 5.75 Å². The molecule has 3 aromatic rings. The van der Waals surface area contributed by atoms with Crippen molar-refractivity contribution in [2.45, 2.75) is 40.0 Å². The molecule has 0 aliphatic heterocycles. The van der Waals surface area contributed by atoms with Crippen LogP contribution in [0.1, 0.15) is 45.6 Å². The first kappa shape index (κ1) is 20.7. The lowest BCUT2D eigenvalue weighted by Crippen LogP contribution is -2.32. The maximum absolute atomic E-state index is 5.31. The number of ether oxygens (including phenoxy) is 1. The second-order valence-electron chi connectivity index (χ2n) is 9.73. The number of fused-ring (bicyclic) bond motifs is 2. The highest BCUT2D eigenvalue weighted by atomic mass is 16.5. The fourth-order valence-electron chi connectivity index (χ4n) is 5.41. The van der Waals surface area contributed by atoms with Gasteiger partial charge in [-0.05, 0) is 67.0 Å². The molecule has 2 fully saturated rings. The summed E-state index contributed by atoms with van der Waals surface area (Å²) in [4.78, 5) is 0. The summed E-state index contributed by atoms with van der Waals surface area (Å²) in [5.74, 6) is 1.54. The van der Waals surface area contributed by atoms with Crippen LogP contribution < -0.4 is 4.74 Å². The molecule has 0 spiro atoms. The molecule has 1 heterocycles. The van der Waals surface area contributed by atoms with Crippen molar-refractivity contribution in [3.05, 3.63) is 66.4 Å². The molecule has 0 amide bonds. The van der Waals surface area contributed by atoms with E-state index in [1.54, 1.807) is 7.11 Å². The van der Waals surface area contributed by atoms with E-state index < -0.39 is 0 Å². The van der Waals surface area contributed by atoms with Crippen LogP contribution in [-0.4, -0.2) is 28.8 Å². The SMILES string of the molecule is COc1ccc(-c2nn(-c3ccccc3)cc2/C=N\N=C2\C[C@H]3CC[C@@]2(C)C3(C)C)cc1. The van der Waals surface area contributed by atoms with Gasteiger partial charge in [0.25, 0.3) is 0 Å². The largest absolute Gasteiger partial charge is 0.497 e. The Morgan fingerprint density at radius 1 is 1.06 bits per heavy atom. The van der Waals surface area contributed by atoms with E-state index in [0.29, 0.717) is 5.41 Å². The standard InChI is InChI=1S/C27H30N4O/c1-26(2)21-14-15-27(26,3)24(16-21)29-28-17-20-18-31(22-8-6-5-7-9-22)30-25(20)19-10-12-23(32-4)13-11-19/h5-13,17-18,21H,14-16H2,1-4H3/b28-17-,29-24-/t21-,27-/m1/s1. The number of hydrogen-bond acceptors (Lipinski definition) is 4. The average molecular weight is 427 g/mol. The Kier molecular flexibility index (Phi) is 5.00. The van der Waals surface area contributed by atoms with Gasteiger partial charge in [0.15, 0.2) is 0 Å². The summed E-state index contributed by atoms with van der Waals surface area (Å²) >= 11 is 0. The Labute approximate surface area is 189 Å². The Balaban J connectivity index is 1.50. The molecule has 164 valence electrons. The lowest BCUT2D eigenvalue weighted by atomic mass is 9.70. The van der Waals surface area contributed by atoms with Crippen molar-refractivity contribution in [3.8, 4) is 22.7 Å². The first-order chi connectivity index (χ1) is 15.4. The maximum atomic E-state index is 5.31. The summed E-state index contributed by atoms with van der Waals surface area (Å²) in [7, 11) is 1.67. The summed E-state index contributed by atoms with van der Waals surface area (Å²) in [5.41, 5.74) is 5.54. The maximum Gasteiger partial charge on any atom is 0.118 e. The number of hydrogen-bond donors (Lipinski definition) is 0. The monoisotopic (exact) mass is 426 g/mol. The lowest BCUT2D eigenvalue weighted by Gasteiger charge is -2.34. The first-order valence-electron chi connectivity index (χ1n) is 11.3. The highest BCUT2D eigenvalue weighted by molar-refractivity contribution is 5.95. The van der Waals surface area contributed by atoms with Crippen LogP contribution >= 0.6 is 0 Å². The molecule has 0 N–H and O–H groups in total. The van der Waals surface area contributed by atoms with Gasteiger partial charge in [-0.1, -0.05) is 39.0 Å². The molecular weight excluding hydrogens is 396 g/mol. The third kappa shape index (κ3) is 3.27. The van der Waals surface area contributed by atoms with E-state index in [0.717, 1.165) is 40.6 Å². The molecule has 0 saturated heterocycles. The predicted octanol–water partition coefficient (Wildman–Crippen LogP) is 6.17. The van der Waals surface area contributed by atoms with Crippen LogP contribution in [0, 0.1) is 16.7 Å². The Morgan fingerprint density at radius 2 is 1.81 bits per heavy atom. The van der Waals surface area contributed by atoms with E-state index in [9.17, 15) is 0 Å². The van der Waals surface area contributed by atoms with Crippen molar-refractivity contribution < 1.29 is 4.74 Å². The van der Waals surface area contributed by atoms with Gasteiger partial charge in [0.05, 0.1) is 19.0 Å². The van der Waals surface area contributed by atoms with Crippen molar-refractivity contribution in [2.75, 3.05) is 7.11 Å². The smallest absolute Gasteiger partial charge is 0.118 e. The Hall–Kier alpha value is -3.21. The molecule has 2 aromatic carbocycles. The normalized spacial score (nSPS) is 25.1. The summed E-state index contributed by atoms with van der Waals surface area (Å²) in [6.07, 6.45) is 7.45. The fraction of sp³-hybridized carbons (Fsp3) is 0.370. The second-order valence-corrected chi connectivity index (χ2v) is 9.73. The zero-order chi connectivity index (χ0) is 22.3. The molecule has 5 rings (SSSR count). The van der Waals surface area contributed by atoms with Gasteiger partial charge in [0.1, 0.15) is 11.4 Å². The van der Waals surface area contributed by atoms with Gasteiger partial charge in [-0.25, -0.2) is 4.68 Å². The van der Waals surface area contributed by atoms with Gasteiger partial charge in [-0.2, -0.15) is 15.3 Å². The second kappa shape index (κ2) is 7.73. The van der Waals surface area contributed by atoms with Gasteiger partial charge in [-0.15, -0.1) is 0 Å². The number of benzene rings is 2. The van der Waals surface area contributed by atoms with Crippen LogP contribution in [0.3, 0.4) is 0 Å². The quantitative estimate of drug-likeness (QED) is 0.362. The van der Waals surface area contributed by atoms with Gasteiger partial charge in [0, 0.05) is 28.5 Å². The molecule has 5 nitrogen and oxygen atoms in total. The van der Waals surface area contributed by atoms with Gasteiger partial charge in [0.2, 0.25) is 0 Å². The number of rotatable bonds is 5. The Bertz CT molecular complexity index is 1170. The topological polar surface area (TPSA) is 51.8 Å². The molecule has 0 radical (unpaired) electrons. The van der Waals surface area contributed by atoms with Crippen LogP contribution in [0.2, 0.25) is 0 Å². The van der Waals surface area contributed by atoms with Crippen LogP contribution in [0.15, 0.2) is 71.0 Å². The molecule has 0 unspecified atom stereocenters. The molecule has 32 heavy (non-hydrogen) atoms. The summed E-state index contributed by atoms with van der Waals surface area (Å²) < 4.78 is 7.21. The molecule has 2 aliphatic rings. The third-order valence-corrected chi connectivity index (χ3v) is 8.01. The van der Waals surface area contributed by atoms with Crippen molar-refractivity contribution in [1.29, 1.82) is 0 Å². The highest BCUT2D eigenvalue weighted by Gasteiger charge is 2.59. The number of para-hydroxylation sites is 1. The fourth-order valence-corrected chi connectivity index (χ4v) is 5.41. The van der Waals surface area contributed by atoms with Gasteiger partial charge in [-0.3, -0.25) is 0 Å².